The molecule has 1 aliphatic rings. The van der Waals surface area contributed by atoms with Crippen LogP contribution in [-0.4, -0.2) is 34.3 Å². The molecule has 1 aromatic rings. The first-order valence-electron chi connectivity index (χ1n) is 6.27. The molecule has 1 saturated heterocycles. The van der Waals surface area contributed by atoms with Crippen LogP contribution in [0.25, 0.3) is 0 Å². The van der Waals surface area contributed by atoms with E-state index in [1.165, 1.54) is 0 Å². The minimum atomic E-state index is -0.0516. The highest BCUT2D eigenvalue weighted by Crippen LogP contribution is 2.25. The summed E-state index contributed by atoms with van der Waals surface area (Å²) in [6.07, 6.45) is 2.06. The second-order valence-electron chi connectivity index (χ2n) is 4.86. The number of carbonyl (C=O) groups excluding carboxylic acids is 1. The highest BCUT2D eigenvalue weighted by atomic mass is 79.9. The molecule has 0 aromatic heterocycles. The maximum absolute atomic E-state index is 12.3. The Labute approximate surface area is 116 Å². The van der Waals surface area contributed by atoms with Crippen molar-refractivity contribution < 1.29 is 9.90 Å². The molecule has 0 bridgehead atoms. The summed E-state index contributed by atoms with van der Waals surface area (Å²) < 4.78 is 0. The molecule has 1 heterocycles. The van der Waals surface area contributed by atoms with Crippen LogP contribution in [0.2, 0.25) is 0 Å². The molecule has 0 atom stereocenters. The van der Waals surface area contributed by atoms with E-state index >= 15 is 0 Å². The molecule has 1 fully saturated rings. The Balaban J connectivity index is 2.10. The minimum absolute atomic E-state index is 0.0516. The Morgan fingerprint density at radius 3 is 2.72 bits per heavy atom. The molecule has 1 amide bonds. The standard InChI is InChI=1S/C14H18BrNO2/c1-10-3-2-4-12(13(10)17)14(18)16-7-5-11(9-15)6-8-16/h2-4,11,17H,5-9H2,1H3. The van der Waals surface area contributed by atoms with E-state index in [0.29, 0.717) is 11.5 Å². The fourth-order valence-electron chi connectivity index (χ4n) is 2.29. The molecular weight excluding hydrogens is 294 g/mol. The number of hydrogen-bond acceptors (Lipinski definition) is 2. The van der Waals surface area contributed by atoms with Gasteiger partial charge in [0.05, 0.1) is 5.56 Å². The van der Waals surface area contributed by atoms with Gasteiger partial charge in [0, 0.05) is 18.4 Å². The summed E-state index contributed by atoms with van der Waals surface area (Å²) in [7, 11) is 0. The number of halogens is 1. The van der Waals surface area contributed by atoms with Crippen LogP contribution in [-0.2, 0) is 0 Å². The van der Waals surface area contributed by atoms with Crippen LogP contribution in [0.1, 0.15) is 28.8 Å². The molecule has 0 radical (unpaired) electrons. The number of alkyl halides is 1. The average Bonchev–Trinajstić information content (AvgIpc) is 2.41. The van der Waals surface area contributed by atoms with Crippen molar-refractivity contribution in [1.82, 2.24) is 4.90 Å². The first-order valence-corrected chi connectivity index (χ1v) is 7.39. The van der Waals surface area contributed by atoms with Gasteiger partial charge in [0.2, 0.25) is 0 Å². The van der Waals surface area contributed by atoms with E-state index in [4.69, 9.17) is 0 Å². The van der Waals surface area contributed by atoms with Crippen LogP contribution >= 0.6 is 15.9 Å². The zero-order valence-electron chi connectivity index (χ0n) is 10.5. The molecule has 2 rings (SSSR count). The summed E-state index contributed by atoms with van der Waals surface area (Å²) in [6, 6.07) is 5.32. The van der Waals surface area contributed by atoms with Gasteiger partial charge in [-0.2, -0.15) is 0 Å². The Morgan fingerprint density at radius 2 is 2.11 bits per heavy atom. The van der Waals surface area contributed by atoms with E-state index in [0.717, 1.165) is 36.8 Å². The fourth-order valence-corrected chi connectivity index (χ4v) is 2.94. The van der Waals surface area contributed by atoms with E-state index in [9.17, 15) is 9.90 Å². The molecule has 1 N–H and O–H groups in total. The molecule has 0 aliphatic carbocycles. The Morgan fingerprint density at radius 1 is 1.44 bits per heavy atom. The smallest absolute Gasteiger partial charge is 0.257 e. The van der Waals surface area contributed by atoms with Gasteiger partial charge in [0.25, 0.3) is 5.91 Å². The predicted molar refractivity (Wildman–Crippen MR) is 75.3 cm³/mol. The number of amides is 1. The summed E-state index contributed by atoms with van der Waals surface area (Å²) in [5, 5.41) is 10.9. The number of phenols is 1. The number of piperidine rings is 1. The normalized spacial score (nSPS) is 16.9. The Bertz CT molecular complexity index is 439. The topological polar surface area (TPSA) is 40.5 Å². The highest BCUT2D eigenvalue weighted by Gasteiger charge is 2.24. The van der Waals surface area contributed by atoms with Crippen LogP contribution in [0.15, 0.2) is 18.2 Å². The van der Waals surface area contributed by atoms with Gasteiger partial charge in [0.1, 0.15) is 5.75 Å². The molecule has 1 aliphatic heterocycles. The van der Waals surface area contributed by atoms with E-state index in [2.05, 4.69) is 15.9 Å². The van der Waals surface area contributed by atoms with Crippen molar-refractivity contribution in [3.8, 4) is 5.75 Å². The number of nitrogens with zero attached hydrogens (tertiary/aromatic N) is 1. The van der Waals surface area contributed by atoms with Crippen LogP contribution in [0.4, 0.5) is 0 Å². The molecule has 0 unspecified atom stereocenters. The fraction of sp³-hybridized carbons (Fsp3) is 0.500. The summed E-state index contributed by atoms with van der Waals surface area (Å²) >= 11 is 3.49. The second kappa shape index (κ2) is 5.74. The third-order valence-electron chi connectivity index (χ3n) is 3.59. The van der Waals surface area contributed by atoms with Crippen molar-refractivity contribution in [3.05, 3.63) is 29.3 Å². The number of benzene rings is 1. The first-order chi connectivity index (χ1) is 8.63. The molecular formula is C14H18BrNO2. The van der Waals surface area contributed by atoms with Gasteiger partial charge in [0.15, 0.2) is 0 Å². The van der Waals surface area contributed by atoms with Gasteiger partial charge < -0.3 is 10.0 Å². The maximum Gasteiger partial charge on any atom is 0.257 e. The molecule has 0 spiro atoms. The van der Waals surface area contributed by atoms with Crippen molar-refractivity contribution in [3.63, 3.8) is 0 Å². The van der Waals surface area contributed by atoms with E-state index in [-0.39, 0.29) is 11.7 Å². The highest BCUT2D eigenvalue weighted by molar-refractivity contribution is 9.09. The van der Waals surface area contributed by atoms with Crippen LogP contribution in [0.3, 0.4) is 0 Å². The van der Waals surface area contributed by atoms with Crippen molar-refractivity contribution in [2.75, 3.05) is 18.4 Å². The zero-order valence-corrected chi connectivity index (χ0v) is 12.1. The van der Waals surface area contributed by atoms with Crippen molar-refractivity contribution in [2.45, 2.75) is 19.8 Å². The lowest BCUT2D eigenvalue weighted by atomic mass is 9.98. The molecule has 1 aromatic carbocycles. The molecule has 4 heteroatoms. The zero-order chi connectivity index (χ0) is 13.1. The van der Waals surface area contributed by atoms with Gasteiger partial charge >= 0.3 is 0 Å². The van der Waals surface area contributed by atoms with Crippen LogP contribution < -0.4 is 0 Å². The summed E-state index contributed by atoms with van der Waals surface area (Å²) in [4.78, 5) is 14.2. The third kappa shape index (κ3) is 2.69. The Kier molecular flexibility index (Phi) is 4.27. The predicted octanol–water partition coefficient (Wildman–Crippen LogP) is 2.95. The van der Waals surface area contributed by atoms with Crippen molar-refractivity contribution in [2.24, 2.45) is 5.92 Å². The van der Waals surface area contributed by atoms with E-state index in [1.54, 1.807) is 6.07 Å². The Hall–Kier alpha value is -1.03. The lowest BCUT2D eigenvalue weighted by Crippen LogP contribution is -2.38. The number of aromatic hydroxyl groups is 1. The monoisotopic (exact) mass is 311 g/mol. The lowest BCUT2D eigenvalue weighted by Gasteiger charge is -2.31. The largest absolute Gasteiger partial charge is 0.507 e. The molecule has 18 heavy (non-hydrogen) atoms. The van der Waals surface area contributed by atoms with Crippen molar-refractivity contribution in [1.29, 1.82) is 0 Å². The molecule has 3 nitrogen and oxygen atoms in total. The lowest BCUT2D eigenvalue weighted by molar-refractivity contribution is 0.0696. The molecule has 0 saturated carbocycles. The first kappa shape index (κ1) is 13.4. The molecule has 98 valence electrons. The maximum atomic E-state index is 12.3. The number of rotatable bonds is 2. The van der Waals surface area contributed by atoms with Gasteiger partial charge in [-0.15, -0.1) is 0 Å². The number of phenolic OH excluding ortho intramolecular Hbond substituents is 1. The van der Waals surface area contributed by atoms with Gasteiger partial charge in [-0.3, -0.25) is 4.79 Å². The van der Waals surface area contributed by atoms with Gasteiger partial charge in [-0.25, -0.2) is 0 Å². The van der Waals surface area contributed by atoms with Crippen LogP contribution in [0.5, 0.6) is 5.75 Å². The second-order valence-corrected chi connectivity index (χ2v) is 5.51. The minimum Gasteiger partial charge on any atom is -0.507 e. The van der Waals surface area contributed by atoms with E-state index < -0.39 is 0 Å². The number of likely N-dealkylation sites (tertiary alicyclic amines) is 1. The van der Waals surface area contributed by atoms with Crippen molar-refractivity contribution >= 4 is 21.8 Å². The number of aryl methyl sites for hydroxylation is 1. The quantitative estimate of drug-likeness (QED) is 0.853. The average molecular weight is 312 g/mol. The SMILES string of the molecule is Cc1cccc(C(=O)N2CCC(CBr)CC2)c1O. The third-order valence-corrected chi connectivity index (χ3v) is 4.50. The number of para-hydroxylation sites is 1. The summed E-state index contributed by atoms with van der Waals surface area (Å²) in [5.74, 6) is 0.731. The van der Waals surface area contributed by atoms with Crippen LogP contribution in [0, 0.1) is 12.8 Å². The summed E-state index contributed by atoms with van der Waals surface area (Å²) in [5.41, 5.74) is 1.17. The van der Waals surface area contributed by atoms with Gasteiger partial charge in [-0.1, -0.05) is 28.1 Å². The number of hydrogen-bond donors (Lipinski definition) is 1. The van der Waals surface area contributed by atoms with Gasteiger partial charge in [-0.05, 0) is 37.3 Å². The van der Waals surface area contributed by atoms with E-state index in [1.807, 2.05) is 24.0 Å². The summed E-state index contributed by atoms with van der Waals surface area (Å²) in [6.45, 7) is 3.37. The number of carbonyl (C=O) groups is 1.